The molecular weight excluding hydrogens is 222 g/mol. The van der Waals surface area contributed by atoms with Gasteiger partial charge in [0, 0.05) is 17.7 Å². The van der Waals surface area contributed by atoms with E-state index < -0.39 is 11.9 Å². The first-order chi connectivity index (χ1) is 8.17. The topological polar surface area (TPSA) is 68.7 Å². The molecule has 2 aliphatic heterocycles. The number of carbonyl (C=O) groups is 1. The van der Waals surface area contributed by atoms with Crippen molar-refractivity contribution in [2.45, 2.75) is 17.9 Å². The molecule has 1 aliphatic carbocycles. The maximum Gasteiger partial charge on any atom is 0.310 e. The zero-order valence-corrected chi connectivity index (χ0v) is 9.42. The molecule has 0 spiro atoms. The third kappa shape index (κ3) is 1.29. The number of carboxylic acids is 1. The van der Waals surface area contributed by atoms with E-state index in [1.807, 2.05) is 6.07 Å². The van der Waals surface area contributed by atoms with Crippen molar-refractivity contribution in [3.63, 3.8) is 0 Å². The van der Waals surface area contributed by atoms with E-state index in [0.29, 0.717) is 12.5 Å². The van der Waals surface area contributed by atoms with E-state index >= 15 is 0 Å². The van der Waals surface area contributed by atoms with Crippen LogP contribution in [0.4, 0.5) is 0 Å². The van der Waals surface area contributed by atoms with E-state index in [1.165, 1.54) is 0 Å². The summed E-state index contributed by atoms with van der Waals surface area (Å²) in [6, 6.07) is 3.64. The van der Waals surface area contributed by atoms with Crippen molar-refractivity contribution in [2.75, 3.05) is 13.7 Å². The molecule has 3 aliphatic rings. The average Bonchev–Trinajstić information content (AvgIpc) is 2.87. The van der Waals surface area contributed by atoms with Crippen LogP contribution in [0.25, 0.3) is 0 Å². The molecule has 0 aromatic carbocycles. The molecule has 5 nitrogen and oxygen atoms in total. The van der Waals surface area contributed by atoms with Gasteiger partial charge in [0.1, 0.15) is 0 Å². The number of hydrogen-bond acceptors (Lipinski definition) is 4. The van der Waals surface area contributed by atoms with Gasteiger partial charge in [-0.2, -0.15) is 0 Å². The van der Waals surface area contributed by atoms with Gasteiger partial charge in [0.05, 0.1) is 25.7 Å². The van der Waals surface area contributed by atoms with Gasteiger partial charge in [0.25, 0.3) is 0 Å². The SMILES string of the molecule is COc1ccc(C23COC(C2)C3C(=O)O)cn1. The molecule has 0 radical (unpaired) electrons. The van der Waals surface area contributed by atoms with Crippen molar-refractivity contribution in [3.05, 3.63) is 23.9 Å². The number of carboxylic acid groups (broad SMARTS) is 1. The Bertz CT molecular complexity index is 454. The summed E-state index contributed by atoms with van der Waals surface area (Å²) in [5.74, 6) is -0.681. The number of fused-ring (bicyclic) bond motifs is 1. The molecule has 1 aromatic rings. The molecule has 3 unspecified atom stereocenters. The van der Waals surface area contributed by atoms with Gasteiger partial charge >= 0.3 is 5.97 Å². The summed E-state index contributed by atoms with van der Waals surface area (Å²) >= 11 is 0. The first-order valence-electron chi connectivity index (χ1n) is 5.52. The van der Waals surface area contributed by atoms with E-state index in [4.69, 9.17) is 9.47 Å². The Labute approximate surface area is 98.4 Å². The van der Waals surface area contributed by atoms with E-state index in [9.17, 15) is 9.90 Å². The number of aromatic nitrogens is 1. The first kappa shape index (κ1) is 10.5. The summed E-state index contributed by atoms with van der Waals surface area (Å²) < 4.78 is 10.5. The number of ether oxygens (including phenoxy) is 2. The van der Waals surface area contributed by atoms with Crippen LogP contribution in [0.2, 0.25) is 0 Å². The number of aliphatic carboxylic acids is 1. The lowest BCUT2D eigenvalue weighted by Gasteiger charge is -2.42. The average molecular weight is 235 g/mol. The second kappa shape index (κ2) is 3.43. The summed E-state index contributed by atoms with van der Waals surface area (Å²) in [5.41, 5.74) is 0.551. The van der Waals surface area contributed by atoms with Crippen LogP contribution in [0, 0.1) is 5.92 Å². The summed E-state index contributed by atoms with van der Waals surface area (Å²) in [6.07, 6.45) is 2.34. The predicted octanol–water partition coefficient (Wildman–Crippen LogP) is 0.831. The normalized spacial score (nSPS) is 34.2. The van der Waals surface area contributed by atoms with Crippen molar-refractivity contribution < 1.29 is 19.4 Å². The fraction of sp³-hybridized carbons (Fsp3) is 0.500. The van der Waals surface area contributed by atoms with Gasteiger partial charge in [-0.05, 0) is 12.0 Å². The van der Waals surface area contributed by atoms with Crippen LogP contribution in [0.15, 0.2) is 18.3 Å². The Kier molecular flexibility index (Phi) is 2.13. The third-order valence-electron chi connectivity index (χ3n) is 3.87. The Morgan fingerprint density at radius 2 is 2.47 bits per heavy atom. The Morgan fingerprint density at radius 1 is 1.65 bits per heavy atom. The predicted molar refractivity (Wildman–Crippen MR) is 57.9 cm³/mol. The summed E-state index contributed by atoms with van der Waals surface area (Å²) in [5, 5.41) is 9.22. The van der Waals surface area contributed by atoms with E-state index in [1.54, 1.807) is 19.4 Å². The van der Waals surface area contributed by atoms with Gasteiger partial charge in [-0.1, -0.05) is 6.07 Å². The molecule has 1 saturated carbocycles. The van der Waals surface area contributed by atoms with E-state index in [2.05, 4.69) is 4.98 Å². The number of rotatable bonds is 3. The summed E-state index contributed by atoms with van der Waals surface area (Å²) in [6.45, 7) is 0.475. The van der Waals surface area contributed by atoms with Crippen LogP contribution in [0.1, 0.15) is 12.0 Å². The second-order valence-corrected chi connectivity index (χ2v) is 4.61. The Morgan fingerprint density at radius 3 is 3.00 bits per heavy atom. The highest BCUT2D eigenvalue weighted by atomic mass is 16.5. The molecule has 3 fully saturated rings. The maximum atomic E-state index is 11.2. The minimum absolute atomic E-state index is 0.130. The fourth-order valence-electron chi connectivity index (χ4n) is 2.93. The lowest BCUT2D eigenvalue weighted by molar-refractivity contribution is -0.150. The summed E-state index contributed by atoms with van der Waals surface area (Å²) in [4.78, 5) is 15.4. The maximum absolute atomic E-state index is 11.2. The van der Waals surface area contributed by atoms with Crippen LogP contribution < -0.4 is 4.74 Å². The van der Waals surface area contributed by atoms with Crippen LogP contribution in [-0.2, 0) is 14.9 Å². The van der Waals surface area contributed by atoms with Crippen molar-refractivity contribution in [1.82, 2.24) is 4.98 Å². The molecule has 1 N–H and O–H groups in total. The molecule has 2 bridgehead atoms. The van der Waals surface area contributed by atoms with Gasteiger partial charge in [-0.3, -0.25) is 4.79 Å². The van der Waals surface area contributed by atoms with Gasteiger partial charge in [0.2, 0.25) is 5.88 Å². The van der Waals surface area contributed by atoms with Crippen molar-refractivity contribution in [2.24, 2.45) is 5.92 Å². The fourth-order valence-corrected chi connectivity index (χ4v) is 2.93. The van der Waals surface area contributed by atoms with Crippen LogP contribution in [0.3, 0.4) is 0 Å². The van der Waals surface area contributed by atoms with Crippen LogP contribution >= 0.6 is 0 Å². The third-order valence-corrected chi connectivity index (χ3v) is 3.87. The molecule has 1 aromatic heterocycles. The minimum atomic E-state index is -0.783. The monoisotopic (exact) mass is 235 g/mol. The van der Waals surface area contributed by atoms with Gasteiger partial charge in [0.15, 0.2) is 0 Å². The van der Waals surface area contributed by atoms with Gasteiger partial charge in [-0.25, -0.2) is 4.98 Å². The quantitative estimate of drug-likeness (QED) is 0.840. The van der Waals surface area contributed by atoms with Crippen molar-refractivity contribution in [3.8, 4) is 5.88 Å². The molecule has 5 heteroatoms. The molecule has 3 heterocycles. The van der Waals surface area contributed by atoms with E-state index in [-0.39, 0.29) is 11.5 Å². The Balaban J connectivity index is 1.95. The molecule has 0 amide bonds. The van der Waals surface area contributed by atoms with Crippen molar-refractivity contribution in [1.29, 1.82) is 0 Å². The van der Waals surface area contributed by atoms with Gasteiger partial charge in [-0.15, -0.1) is 0 Å². The second-order valence-electron chi connectivity index (χ2n) is 4.61. The number of hydrogen-bond donors (Lipinski definition) is 1. The van der Waals surface area contributed by atoms with E-state index in [0.717, 1.165) is 12.0 Å². The van der Waals surface area contributed by atoms with Crippen LogP contribution in [0.5, 0.6) is 5.88 Å². The number of pyridine rings is 1. The zero-order chi connectivity index (χ0) is 12.0. The smallest absolute Gasteiger partial charge is 0.310 e. The summed E-state index contributed by atoms with van der Waals surface area (Å²) in [7, 11) is 1.55. The highest BCUT2D eigenvalue weighted by Gasteiger charge is 2.65. The standard InChI is InChI=1S/C12H13NO4/c1-16-9-3-2-7(5-13-9)12-4-8(17-6-12)10(12)11(14)15/h2-3,5,8,10H,4,6H2,1H3,(H,14,15). The highest BCUT2D eigenvalue weighted by Crippen LogP contribution is 2.56. The largest absolute Gasteiger partial charge is 0.481 e. The highest BCUT2D eigenvalue weighted by molar-refractivity contribution is 5.76. The first-order valence-corrected chi connectivity index (χ1v) is 5.52. The van der Waals surface area contributed by atoms with Crippen molar-refractivity contribution >= 4 is 5.97 Å². The number of nitrogens with zero attached hydrogens (tertiary/aromatic N) is 1. The molecule has 3 atom stereocenters. The molecular formula is C12H13NO4. The molecule has 90 valence electrons. The molecule has 2 saturated heterocycles. The van der Waals surface area contributed by atoms with Crippen LogP contribution in [-0.4, -0.2) is 35.9 Å². The molecule has 17 heavy (non-hydrogen) atoms. The minimum Gasteiger partial charge on any atom is -0.481 e. The number of methoxy groups -OCH3 is 1. The Hall–Kier alpha value is -1.62. The zero-order valence-electron chi connectivity index (χ0n) is 9.42. The van der Waals surface area contributed by atoms with Gasteiger partial charge < -0.3 is 14.6 Å². The lowest BCUT2D eigenvalue weighted by atomic mass is 9.58. The molecule has 4 rings (SSSR count). The lowest BCUT2D eigenvalue weighted by Crippen LogP contribution is -2.52.